The predicted octanol–water partition coefficient (Wildman–Crippen LogP) is 7.92. The second-order valence-corrected chi connectivity index (χ2v) is 8.68. The van der Waals surface area contributed by atoms with Crippen LogP contribution < -0.4 is 4.74 Å². The van der Waals surface area contributed by atoms with Gasteiger partial charge in [-0.25, -0.2) is 13.2 Å². The molecule has 0 amide bonds. The van der Waals surface area contributed by atoms with Crippen LogP contribution in [0, 0.1) is 29.3 Å². The maximum atomic E-state index is 15.4. The molecule has 2 aliphatic carbocycles. The Bertz CT molecular complexity index is 968. The van der Waals surface area contributed by atoms with Crippen molar-refractivity contribution >= 4 is 0 Å². The van der Waals surface area contributed by atoms with Crippen molar-refractivity contribution in [3.8, 4) is 16.9 Å². The molecule has 0 N–H and O–H groups in total. The zero-order valence-electron chi connectivity index (χ0n) is 17.2. The molecular weight excluding hydrogens is 418 g/mol. The van der Waals surface area contributed by atoms with Crippen LogP contribution in [0.3, 0.4) is 0 Å². The van der Waals surface area contributed by atoms with E-state index < -0.39 is 35.1 Å². The third kappa shape index (κ3) is 4.41. The summed E-state index contributed by atoms with van der Waals surface area (Å²) in [6, 6.07) is 3.81. The van der Waals surface area contributed by atoms with E-state index in [4.69, 9.17) is 0 Å². The molecule has 1 fully saturated rings. The Morgan fingerprint density at radius 3 is 2.45 bits per heavy atom. The molecule has 2 aromatic carbocycles. The van der Waals surface area contributed by atoms with Gasteiger partial charge < -0.3 is 4.74 Å². The standard InChI is InChI=1S/C24H24F6O/c1-2-3-13-4-7-16-14(10-13)5-8-17-18(16)12-20(26)22(23(17)27)15-6-9-21(19(25)11-15)31-24(28,29)30/h6,9,11-14,16H,2-5,7-8,10H2,1H3/t13-,14-,16+/m1/s1. The molecule has 0 bridgehead atoms. The van der Waals surface area contributed by atoms with Crippen LogP contribution in [0.5, 0.6) is 5.75 Å². The molecule has 0 spiro atoms. The van der Waals surface area contributed by atoms with Crippen LogP contribution in [-0.4, -0.2) is 6.36 Å². The first-order chi connectivity index (χ1) is 14.7. The summed E-state index contributed by atoms with van der Waals surface area (Å²) in [5.41, 5.74) is 0.581. The lowest BCUT2D eigenvalue weighted by atomic mass is 9.64. The van der Waals surface area contributed by atoms with Crippen molar-refractivity contribution in [3.05, 3.63) is 52.8 Å². The molecule has 168 valence electrons. The highest BCUT2D eigenvalue weighted by atomic mass is 19.4. The van der Waals surface area contributed by atoms with Crippen LogP contribution >= 0.6 is 0 Å². The van der Waals surface area contributed by atoms with Gasteiger partial charge in [-0.15, -0.1) is 13.2 Å². The fraction of sp³-hybridized carbons (Fsp3) is 0.500. The van der Waals surface area contributed by atoms with E-state index in [-0.39, 0.29) is 11.5 Å². The van der Waals surface area contributed by atoms with Crippen molar-refractivity contribution in [1.29, 1.82) is 0 Å². The van der Waals surface area contributed by atoms with Crippen molar-refractivity contribution in [2.75, 3.05) is 0 Å². The highest BCUT2D eigenvalue weighted by Crippen LogP contribution is 2.49. The summed E-state index contributed by atoms with van der Waals surface area (Å²) < 4.78 is 85.2. The van der Waals surface area contributed by atoms with Crippen LogP contribution in [0.25, 0.3) is 11.1 Å². The van der Waals surface area contributed by atoms with E-state index in [1.807, 2.05) is 0 Å². The molecule has 0 unspecified atom stereocenters. The third-order valence-corrected chi connectivity index (χ3v) is 6.75. The van der Waals surface area contributed by atoms with Gasteiger partial charge in [-0.05, 0) is 84.7 Å². The van der Waals surface area contributed by atoms with Crippen molar-refractivity contribution in [2.24, 2.45) is 11.8 Å². The number of ether oxygens (including phenoxy) is 1. The van der Waals surface area contributed by atoms with Crippen molar-refractivity contribution < 1.29 is 31.1 Å². The third-order valence-electron chi connectivity index (χ3n) is 6.75. The second kappa shape index (κ2) is 8.40. The van der Waals surface area contributed by atoms with Crippen molar-refractivity contribution in [2.45, 2.75) is 64.1 Å². The summed E-state index contributed by atoms with van der Waals surface area (Å²) in [5, 5.41) is 0. The number of fused-ring (bicyclic) bond motifs is 3. The van der Waals surface area contributed by atoms with E-state index in [2.05, 4.69) is 11.7 Å². The van der Waals surface area contributed by atoms with Gasteiger partial charge in [-0.2, -0.15) is 0 Å². The Labute approximate surface area is 177 Å². The molecule has 2 aromatic rings. The number of benzene rings is 2. The quantitative estimate of drug-likeness (QED) is 0.437. The number of hydrogen-bond acceptors (Lipinski definition) is 1. The number of rotatable bonds is 4. The van der Waals surface area contributed by atoms with Crippen LogP contribution in [0.1, 0.15) is 62.5 Å². The fourth-order valence-electron chi connectivity index (χ4n) is 5.48. The lowest BCUT2D eigenvalue weighted by Crippen LogP contribution is -2.29. The maximum Gasteiger partial charge on any atom is 0.573 e. The number of halogens is 6. The van der Waals surface area contributed by atoms with Crippen molar-refractivity contribution in [1.82, 2.24) is 0 Å². The Morgan fingerprint density at radius 1 is 1.00 bits per heavy atom. The van der Waals surface area contributed by atoms with E-state index >= 15 is 8.78 Å². The molecule has 0 aromatic heterocycles. The molecule has 7 heteroatoms. The molecule has 0 heterocycles. The predicted molar refractivity (Wildman–Crippen MR) is 105 cm³/mol. The minimum atomic E-state index is -5.06. The first kappa shape index (κ1) is 22.0. The van der Waals surface area contributed by atoms with Crippen molar-refractivity contribution in [3.63, 3.8) is 0 Å². The Balaban J connectivity index is 1.66. The van der Waals surface area contributed by atoms with Gasteiger partial charge in [0.15, 0.2) is 11.6 Å². The first-order valence-corrected chi connectivity index (χ1v) is 10.7. The summed E-state index contributed by atoms with van der Waals surface area (Å²) in [6.45, 7) is 2.17. The van der Waals surface area contributed by atoms with Crippen LogP contribution in [0.4, 0.5) is 26.3 Å². The summed E-state index contributed by atoms with van der Waals surface area (Å²) in [7, 11) is 0. The SMILES string of the molecule is CCC[C@@H]1CC[C@@H]2c3cc(F)c(-c4ccc(OC(F)(F)F)c(F)c4)c(F)c3CC[C@@H]2C1. The number of hydrogen-bond donors (Lipinski definition) is 0. The highest BCUT2D eigenvalue weighted by molar-refractivity contribution is 5.68. The molecule has 0 aliphatic heterocycles. The smallest absolute Gasteiger partial charge is 0.403 e. The average molecular weight is 442 g/mol. The average Bonchev–Trinajstić information content (AvgIpc) is 2.69. The lowest BCUT2D eigenvalue weighted by Gasteiger charge is -2.41. The molecule has 0 radical (unpaired) electrons. The Morgan fingerprint density at radius 2 is 1.77 bits per heavy atom. The highest BCUT2D eigenvalue weighted by Gasteiger charge is 2.37. The second-order valence-electron chi connectivity index (χ2n) is 8.68. The topological polar surface area (TPSA) is 9.23 Å². The molecule has 2 aliphatic rings. The minimum absolute atomic E-state index is 0.120. The molecule has 0 saturated heterocycles. The summed E-state index contributed by atoms with van der Waals surface area (Å²) in [4.78, 5) is 0. The Hall–Kier alpha value is -2.18. The van der Waals surface area contributed by atoms with Gasteiger partial charge in [-0.1, -0.05) is 25.8 Å². The van der Waals surface area contributed by atoms with Gasteiger partial charge in [0.25, 0.3) is 0 Å². The molecule has 31 heavy (non-hydrogen) atoms. The monoisotopic (exact) mass is 442 g/mol. The Kier molecular flexibility index (Phi) is 5.97. The molecular formula is C24H24F6O. The molecule has 4 rings (SSSR count). The van der Waals surface area contributed by atoms with E-state index in [1.54, 1.807) is 0 Å². The van der Waals surface area contributed by atoms with E-state index in [0.717, 1.165) is 44.2 Å². The minimum Gasteiger partial charge on any atom is -0.403 e. The van der Waals surface area contributed by atoms with Gasteiger partial charge in [0.2, 0.25) is 0 Å². The molecule has 1 nitrogen and oxygen atoms in total. The first-order valence-electron chi connectivity index (χ1n) is 10.7. The summed E-state index contributed by atoms with van der Waals surface area (Å²) >= 11 is 0. The molecule has 1 saturated carbocycles. The summed E-state index contributed by atoms with van der Waals surface area (Å²) in [5.74, 6) is -2.73. The van der Waals surface area contributed by atoms with E-state index in [1.165, 1.54) is 12.5 Å². The lowest BCUT2D eigenvalue weighted by molar-refractivity contribution is -0.275. The molecule has 3 atom stereocenters. The van der Waals surface area contributed by atoms with Gasteiger partial charge in [-0.3, -0.25) is 0 Å². The van der Waals surface area contributed by atoms with Gasteiger partial charge in [0.1, 0.15) is 11.6 Å². The van der Waals surface area contributed by atoms with Crippen LogP contribution in [-0.2, 0) is 6.42 Å². The van der Waals surface area contributed by atoms with E-state index in [0.29, 0.717) is 35.4 Å². The van der Waals surface area contributed by atoms with E-state index in [9.17, 15) is 17.6 Å². The largest absolute Gasteiger partial charge is 0.573 e. The zero-order valence-corrected chi connectivity index (χ0v) is 17.2. The van der Waals surface area contributed by atoms with Gasteiger partial charge in [0, 0.05) is 0 Å². The summed E-state index contributed by atoms with van der Waals surface area (Å²) in [6.07, 6.45) is 1.58. The van der Waals surface area contributed by atoms with Gasteiger partial charge >= 0.3 is 6.36 Å². The number of alkyl halides is 3. The zero-order chi connectivity index (χ0) is 22.3. The van der Waals surface area contributed by atoms with Gasteiger partial charge in [0.05, 0.1) is 5.56 Å². The van der Waals surface area contributed by atoms with Crippen LogP contribution in [0.2, 0.25) is 0 Å². The van der Waals surface area contributed by atoms with Crippen LogP contribution in [0.15, 0.2) is 24.3 Å². The normalized spacial score (nSPS) is 23.3. The maximum absolute atomic E-state index is 15.4. The fourth-order valence-corrected chi connectivity index (χ4v) is 5.48.